The van der Waals surface area contributed by atoms with Crippen molar-refractivity contribution in [1.82, 2.24) is 9.29 Å². The molecule has 2 heterocycles. The molecule has 0 saturated heterocycles. The number of anilines is 1. The standard InChI is InChI=1S/C18H17N3O5S/c1-11-7-6-10-15(19-11)20-18(23)16-17(26-12(2)22)13-8-4-5-9-14(13)27(24,25)21(16)3/h4-10H,1-3H3,(H,19,20,23). The molecule has 8 nitrogen and oxygen atoms in total. The van der Waals surface area contributed by atoms with E-state index in [-0.39, 0.29) is 27.7 Å². The predicted molar refractivity (Wildman–Crippen MR) is 97.7 cm³/mol. The normalized spacial score (nSPS) is 15.1. The van der Waals surface area contributed by atoms with E-state index in [0.717, 1.165) is 4.31 Å². The van der Waals surface area contributed by atoms with Gasteiger partial charge in [0.05, 0.1) is 4.90 Å². The van der Waals surface area contributed by atoms with E-state index in [9.17, 15) is 18.0 Å². The molecule has 1 aromatic heterocycles. The highest BCUT2D eigenvalue weighted by Gasteiger charge is 2.39. The monoisotopic (exact) mass is 387 g/mol. The molecule has 1 aliphatic heterocycles. The SMILES string of the molecule is CC(=O)OC1=C(C(=O)Nc2cccc(C)n2)N(C)S(=O)(=O)c2ccccc21. The van der Waals surface area contributed by atoms with Crippen molar-refractivity contribution < 1.29 is 22.7 Å². The fourth-order valence-corrected chi connectivity index (χ4v) is 4.09. The van der Waals surface area contributed by atoms with E-state index in [2.05, 4.69) is 10.3 Å². The smallest absolute Gasteiger partial charge is 0.308 e. The van der Waals surface area contributed by atoms with Gasteiger partial charge in [0.2, 0.25) is 0 Å². The number of esters is 1. The quantitative estimate of drug-likeness (QED) is 0.807. The number of sulfonamides is 1. The van der Waals surface area contributed by atoms with Crippen LogP contribution in [-0.2, 0) is 24.3 Å². The van der Waals surface area contributed by atoms with Crippen molar-refractivity contribution in [3.63, 3.8) is 0 Å². The Balaban J connectivity index is 2.17. The number of fused-ring (bicyclic) bond motifs is 1. The van der Waals surface area contributed by atoms with Crippen LogP contribution in [0.25, 0.3) is 5.76 Å². The molecule has 1 amide bonds. The van der Waals surface area contributed by atoms with E-state index in [1.165, 1.54) is 26.1 Å². The lowest BCUT2D eigenvalue weighted by Gasteiger charge is -2.29. The molecular formula is C18H17N3O5S. The molecule has 0 atom stereocenters. The van der Waals surface area contributed by atoms with Crippen LogP contribution in [0.3, 0.4) is 0 Å². The van der Waals surface area contributed by atoms with Gasteiger partial charge in [0.1, 0.15) is 5.82 Å². The van der Waals surface area contributed by atoms with Crippen molar-refractivity contribution in [1.29, 1.82) is 0 Å². The van der Waals surface area contributed by atoms with Crippen molar-refractivity contribution >= 4 is 33.5 Å². The number of rotatable bonds is 3. The third-order valence-electron chi connectivity index (χ3n) is 3.89. The number of carbonyl (C=O) groups excluding carboxylic acids is 2. The number of likely N-dealkylation sites (N-methyl/N-ethyl adjacent to an activating group) is 1. The highest BCUT2D eigenvalue weighted by molar-refractivity contribution is 7.89. The van der Waals surface area contributed by atoms with Gasteiger partial charge in [-0.05, 0) is 31.2 Å². The van der Waals surface area contributed by atoms with Gasteiger partial charge in [0.25, 0.3) is 15.9 Å². The highest BCUT2D eigenvalue weighted by atomic mass is 32.2. The molecule has 140 valence electrons. The molecule has 3 rings (SSSR count). The summed E-state index contributed by atoms with van der Waals surface area (Å²) in [7, 11) is -2.75. The van der Waals surface area contributed by atoms with Crippen LogP contribution in [0.4, 0.5) is 5.82 Å². The van der Waals surface area contributed by atoms with Gasteiger partial charge in [-0.15, -0.1) is 0 Å². The second-order valence-electron chi connectivity index (χ2n) is 5.86. The third-order valence-corrected chi connectivity index (χ3v) is 5.71. The average molecular weight is 387 g/mol. The van der Waals surface area contributed by atoms with Crippen molar-refractivity contribution in [2.45, 2.75) is 18.7 Å². The molecule has 1 aromatic carbocycles. The van der Waals surface area contributed by atoms with Crippen LogP contribution in [0, 0.1) is 6.92 Å². The van der Waals surface area contributed by atoms with Crippen molar-refractivity contribution in [3.05, 3.63) is 59.4 Å². The van der Waals surface area contributed by atoms with Gasteiger partial charge < -0.3 is 10.1 Å². The summed E-state index contributed by atoms with van der Waals surface area (Å²) in [4.78, 5) is 28.6. The first-order valence-electron chi connectivity index (χ1n) is 7.98. The van der Waals surface area contributed by atoms with Crippen molar-refractivity contribution in [3.8, 4) is 0 Å². The molecule has 1 aliphatic rings. The molecule has 2 aromatic rings. The number of hydrogen-bond acceptors (Lipinski definition) is 6. The molecule has 9 heteroatoms. The Hall–Kier alpha value is -3.20. The molecule has 0 spiro atoms. The molecule has 0 saturated carbocycles. The van der Waals surface area contributed by atoms with Gasteiger partial charge in [-0.2, -0.15) is 0 Å². The topological polar surface area (TPSA) is 106 Å². The Kier molecular flexibility index (Phi) is 4.71. The summed E-state index contributed by atoms with van der Waals surface area (Å²) >= 11 is 0. The molecule has 1 N–H and O–H groups in total. The van der Waals surface area contributed by atoms with E-state index in [1.54, 1.807) is 37.3 Å². The summed E-state index contributed by atoms with van der Waals surface area (Å²) in [6.07, 6.45) is 0. The van der Waals surface area contributed by atoms with Crippen LogP contribution < -0.4 is 5.32 Å². The number of nitrogens with zero attached hydrogens (tertiary/aromatic N) is 2. The lowest BCUT2D eigenvalue weighted by molar-refractivity contribution is -0.134. The van der Waals surface area contributed by atoms with Crippen LogP contribution in [0.15, 0.2) is 53.1 Å². The largest absolute Gasteiger partial charge is 0.424 e. The minimum Gasteiger partial charge on any atom is -0.424 e. The predicted octanol–water partition coefficient (Wildman–Crippen LogP) is 1.89. The maximum atomic E-state index is 12.9. The van der Waals surface area contributed by atoms with Crippen LogP contribution in [-0.4, -0.2) is 36.6 Å². The first-order valence-corrected chi connectivity index (χ1v) is 9.42. The van der Waals surface area contributed by atoms with Gasteiger partial charge in [-0.25, -0.2) is 13.4 Å². The molecular weight excluding hydrogens is 370 g/mol. The number of hydrogen-bond donors (Lipinski definition) is 1. The molecule has 0 aliphatic carbocycles. The molecule has 0 radical (unpaired) electrons. The third kappa shape index (κ3) is 3.41. The van der Waals surface area contributed by atoms with Gasteiger partial charge in [-0.1, -0.05) is 18.2 Å². The highest BCUT2D eigenvalue weighted by Crippen LogP contribution is 2.36. The summed E-state index contributed by atoms with van der Waals surface area (Å²) in [5.41, 5.74) is 0.525. The molecule has 0 bridgehead atoms. The Morgan fingerprint density at radius 3 is 2.48 bits per heavy atom. The Morgan fingerprint density at radius 1 is 1.11 bits per heavy atom. The molecule has 0 unspecified atom stereocenters. The lowest BCUT2D eigenvalue weighted by Crippen LogP contribution is -2.38. The number of pyridine rings is 1. The number of ether oxygens (including phenoxy) is 1. The maximum Gasteiger partial charge on any atom is 0.308 e. The van der Waals surface area contributed by atoms with Gasteiger partial charge >= 0.3 is 5.97 Å². The average Bonchev–Trinajstić information content (AvgIpc) is 2.59. The first-order chi connectivity index (χ1) is 12.7. The van der Waals surface area contributed by atoms with Crippen LogP contribution in [0.1, 0.15) is 18.2 Å². The zero-order chi connectivity index (χ0) is 19.8. The summed E-state index contributed by atoms with van der Waals surface area (Å²) in [5.74, 6) is -1.31. The van der Waals surface area contributed by atoms with Crippen LogP contribution in [0.5, 0.6) is 0 Å². The number of nitrogens with one attached hydrogen (secondary N) is 1. The van der Waals surface area contributed by atoms with E-state index in [0.29, 0.717) is 5.69 Å². The van der Waals surface area contributed by atoms with Gasteiger partial charge in [0.15, 0.2) is 11.5 Å². The number of aromatic nitrogens is 1. The van der Waals surface area contributed by atoms with Gasteiger partial charge in [-0.3, -0.25) is 13.9 Å². The number of aryl methyl sites for hydroxylation is 1. The molecule has 0 fully saturated rings. The summed E-state index contributed by atoms with van der Waals surface area (Å²) < 4.78 is 31.7. The van der Waals surface area contributed by atoms with E-state index >= 15 is 0 Å². The maximum absolute atomic E-state index is 12.9. The first kappa shape index (κ1) is 18.6. The van der Waals surface area contributed by atoms with E-state index < -0.39 is 21.9 Å². The minimum absolute atomic E-state index is 0.0472. The number of carbonyl (C=O) groups is 2. The zero-order valence-electron chi connectivity index (χ0n) is 14.9. The number of amides is 1. The van der Waals surface area contributed by atoms with Gasteiger partial charge in [0, 0.05) is 25.2 Å². The fourth-order valence-electron chi connectivity index (χ4n) is 2.70. The Labute approximate surface area is 156 Å². The minimum atomic E-state index is -3.98. The summed E-state index contributed by atoms with van der Waals surface area (Å²) in [6.45, 7) is 2.93. The summed E-state index contributed by atoms with van der Waals surface area (Å²) in [5, 5.41) is 2.55. The zero-order valence-corrected chi connectivity index (χ0v) is 15.7. The summed E-state index contributed by atoms with van der Waals surface area (Å²) in [6, 6.07) is 11.1. The van der Waals surface area contributed by atoms with Crippen LogP contribution in [0.2, 0.25) is 0 Å². The molecule has 27 heavy (non-hydrogen) atoms. The van der Waals surface area contributed by atoms with Crippen molar-refractivity contribution in [2.24, 2.45) is 0 Å². The Morgan fingerprint density at radius 2 is 1.81 bits per heavy atom. The van der Waals surface area contributed by atoms with E-state index in [1.807, 2.05) is 0 Å². The number of benzene rings is 1. The second kappa shape index (κ2) is 6.84. The van der Waals surface area contributed by atoms with Crippen LogP contribution >= 0.6 is 0 Å². The lowest BCUT2D eigenvalue weighted by atomic mass is 10.1. The Bertz CT molecular complexity index is 1080. The van der Waals surface area contributed by atoms with Crippen molar-refractivity contribution in [2.75, 3.05) is 12.4 Å². The van der Waals surface area contributed by atoms with E-state index in [4.69, 9.17) is 4.74 Å². The fraction of sp³-hybridized carbons (Fsp3) is 0.167. The second-order valence-corrected chi connectivity index (χ2v) is 7.80.